The van der Waals surface area contributed by atoms with Gasteiger partial charge >= 0.3 is 0 Å². The first kappa shape index (κ1) is 9.78. The van der Waals surface area contributed by atoms with E-state index in [0.717, 1.165) is 11.3 Å². The second-order valence-electron chi connectivity index (χ2n) is 3.24. The van der Waals surface area contributed by atoms with Crippen molar-refractivity contribution in [1.82, 2.24) is 0 Å². The lowest BCUT2D eigenvalue weighted by molar-refractivity contribution is 0.339. The molecule has 0 fully saturated rings. The van der Waals surface area contributed by atoms with Crippen molar-refractivity contribution in [2.45, 2.75) is 6.92 Å². The maximum absolute atomic E-state index is 5.41. The molecular formula is C14H13O. The van der Waals surface area contributed by atoms with Crippen molar-refractivity contribution >= 4 is 0 Å². The molecule has 0 saturated carbocycles. The van der Waals surface area contributed by atoms with E-state index in [4.69, 9.17) is 4.74 Å². The predicted octanol–water partition coefficient (Wildman–Crippen LogP) is 3.55. The van der Waals surface area contributed by atoms with Crippen LogP contribution >= 0.6 is 0 Å². The Bertz CT molecular complexity index is 420. The van der Waals surface area contributed by atoms with Crippen LogP contribution in [0.4, 0.5) is 0 Å². The van der Waals surface area contributed by atoms with E-state index in [9.17, 15) is 0 Å². The normalized spacial score (nSPS) is 9.93. The molecule has 0 heterocycles. The summed E-state index contributed by atoms with van der Waals surface area (Å²) < 4.78 is 5.41. The highest BCUT2D eigenvalue weighted by atomic mass is 16.5. The van der Waals surface area contributed by atoms with Crippen LogP contribution in [0, 0.1) is 6.07 Å². The fourth-order valence-corrected chi connectivity index (χ4v) is 1.49. The van der Waals surface area contributed by atoms with Crippen molar-refractivity contribution in [2.75, 3.05) is 6.61 Å². The van der Waals surface area contributed by atoms with E-state index in [2.05, 4.69) is 18.2 Å². The number of hydrogen-bond donors (Lipinski definition) is 0. The molecule has 0 aliphatic carbocycles. The van der Waals surface area contributed by atoms with Gasteiger partial charge in [0, 0.05) is 6.07 Å². The molecule has 0 saturated heterocycles. The van der Waals surface area contributed by atoms with Gasteiger partial charge in [0.25, 0.3) is 0 Å². The van der Waals surface area contributed by atoms with Crippen LogP contribution in [0.5, 0.6) is 5.75 Å². The first-order valence-electron chi connectivity index (χ1n) is 5.10. The van der Waals surface area contributed by atoms with Gasteiger partial charge in [-0.05, 0) is 30.2 Å². The fourth-order valence-electron chi connectivity index (χ4n) is 1.49. The van der Waals surface area contributed by atoms with E-state index >= 15 is 0 Å². The summed E-state index contributed by atoms with van der Waals surface area (Å²) >= 11 is 0. The van der Waals surface area contributed by atoms with Crippen LogP contribution in [0.1, 0.15) is 6.92 Å². The molecule has 0 bridgehead atoms. The highest BCUT2D eigenvalue weighted by molar-refractivity contribution is 5.64. The van der Waals surface area contributed by atoms with Crippen molar-refractivity contribution < 1.29 is 4.74 Å². The number of benzene rings is 2. The van der Waals surface area contributed by atoms with Gasteiger partial charge in [0.1, 0.15) is 5.75 Å². The Balaban J connectivity index is 2.33. The van der Waals surface area contributed by atoms with Gasteiger partial charge in [-0.25, -0.2) is 0 Å². The molecule has 0 aliphatic heterocycles. The Kier molecular flexibility index (Phi) is 3.03. The molecule has 0 aliphatic rings. The van der Waals surface area contributed by atoms with Crippen LogP contribution < -0.4 is 4.74 Å². The third-order valence-electron chi connectivity index (χ3n) is 2.18. The quantitative estimate of drug-likeness (QED) is 0.731. The molecule has 1 heteroatoms. The average molecular weight is 197 g/mol. The van der Waals surface area contributed by atoms with E-state index in [1.807, 2.05) is 43.3 Å². The van der Waals surface area contributed by atoms with Crippen LogP contribution in [0.25, 0.3) is 11.1 Å². The molecule has 0 unspecified atom stereocenters. The SMILES string of the molecule is CCOc1[c]ccc(-c2ccccc2)c1. The maximum Gasteiger partial charge on any atom is 0.127 e. The Morgan fingerprint density at radius 2 is 1.87 bits per heavy atom. The molecule has 0 N–H and O–H groups in total. The van der Waals surface area contributed by atoms with Gasteiger partial charge < -0.3 is 4.74 Å². The molecule has 0 atom stereocenters. The monoisotopic (exact) mass is 197 g/mol. The molecule has 1 nitrogen and oxygen atoms in total. The summed E-state index contributed by atoms with van der Waals surface area (Å²) in [5, 5.41) is 0. The van der Waals surface area contributed by atoms with Crippen LogP contribution in [-0.4, -0.2) is 6.61 Å². The summed E-state index contributed by atoms with van der Waals surface area (Å²) in [6, 6.07) is 19.3. The van der Waals surface area contributed by atoms with Crippen LogP contribution in [0.15, 0.2) is 48.5 Å². The zero-order valence-electron chi connectivity index (χ0n) is 8.73. The third kappa shape index (κ3) is 2.38. The Hall–Kier alpha value is -1.76. The zero-order valence-corrected chi connectivity index (χ0v) is 8.73. The molecule has 1 radical (unpaired) electrons. The second kappa shape index (κ2) is 4.65. The third-order valence-corrected chi connectivity index (χ3v) is 2.18. The standard InChI is InChI=1S/C14H13O/c1-2-15-14-10-6-9-13(11-14)12-7-4-3-5-8-12/h3-9,11H,2H2,1H3. The summed E-state index contributed by atoms with van der Waals surface area (Å²) in [6.45, 7) is 2.65. The average Bonchev–Trinajstić information content (AvgIpc) is 2.31. The van der Waals surface area contributed by atoms with Crippen molar-refractivity contribution in [3.05, 3.63) is 54.6 Å². The Labute approximate surface area is 90.3 Å². The van der Waals surface area contributed by atoms with E-state index in [1.54, 1.807) is 0 Å². The first-order chi connectivity index (χ1) is 7.40. The van der Waals surface area contributed by atoms with Gasteiger partial charge in [0.05, 0.1) is 6.61 Å². The minimum atomic E-state index is 0.675. The largest absolute Gasteiger partial charge is 0.493 e. The smallest absolute Gasteiger partial charge is 0.127 e. The molecular weight excluding hydrogens is 184 g/mol. The fraction of sp³-hybridized carbons (Fsp3) is 0.143. The van der Waals surface area contributed by atoms with Gasteiger partial charge in [-0.3, -0.25) is 0 Å². The number of ether oxygens (including phenoxy) is 1. The van der Waals surface area contributed by atoms with Crippen molar-refractivity contribution in [3.8, 4) is 16.9 Å². The molecule has 75 valence electrons. The maximum atomic E-state index is 5.41. The van der Waals surface area contributed by atoms with Gasteiger partial charge in [0.2, 0.25) is 0 Å². The van der Waals surface area contributed by atoms with E-state index in [1.165, 1.54) is 5.56 Å². The molecule has 2 aromatic rings. The lowest BCUT2D eigenvalue weighted by Gasteiger charge is -2.05. The van der Waals surface area contributed by atoms with Gasteiger partial charge in [-0.15, -0.1) is 0 Å². The van der Waals surface area contributed by atoms with Gasteiger partial charge in [-0.1, -0.05) is 36.4 Å². The number of hydrogen-bond acceptors (Lipinski definition) is 1. The summed E-state index contributed by atoms with van der Waals surface area (Å²) in [6.07, 6.45) is 0. The lowest BCUT2D eigenvalue weighted by Crippen LogP contribution is -1.91. The van der Waals surface area contributed by atoms with Crippen LogP contribution in [-0.2, 0) is 0 Å². The summed E-state index contributed by atoms with van der Waals surface area (Å²) in [5.74, 6) is 0.804. The second-order valence-corrected chi connectivity index (χ2v) is 3.24. The molecule has 0 aromatic heterocycles. The van der Waals surface area contributed by atoms with Crippen LogP contribution in [0.2, 0.25) is 0 Å². The molecule has 0 spiro atoms. The predicted molar refractivity (Wildman–Crippen MR) is 61.9 cm³/mol. The van der Waals surface area contributed by atoms with Crippen LogP contribution in [0.3, 0.4) is 0 Å². The van der Waals surface area contributed by atoms with Gasteiger partial charge in [-0.2, -0.15) is 0 Å². The highest BCUT2D eigenvalue weighted by Gasteiger charge is 1.98. The highest BCUT2D eigenvalue weighted by Crippen LogP contribution is 2.22. The van der Waals surface area contributed by atoms with E-state index < -0.39 is 0 Å². The Morgan fingerprint density at radius 3 is 2.60 bits per heavy atom. The van der Waals surface area contributed by atoms with Gasteiger partial charge in [0.15, 0.2) is 0 Å². The van der Waals surface area contributed by atoms with E-state index in [0.29, 0.717) is 6.61 Å². The minimum absolute atomic E-state index is 0.675. The topological polar surface area (TPSA) is 9.23 Å². The summed E-state index contributed by atoms with van der Waals surface area (Å²) in [4.78, 5) is 0. The lowest BCUT2D eigenvalue weighted by atomic mass is 10.1. The molecule has 2 aromatic carbocycles. The number of rotatable bonds is 3. The molecule has 2 rings (SSSR count). The molecule has 0 amide bonds. The zero-order chi connectivity index (χ0) is 10.5. The summed E-state index contributed by atoms with van der Waals surface area (Å²) in [7, 11) is 0. The minimum Gasteiger partial charge on any atom is -0.493 e. The summed E-state index contributed by atoms with van der Waals surface area (Å²) in [5.41, 5.74) is 2.37. The first-order valence-corrected chi connectivity index (χ1v) is 5.10. The van der Waals surface area contributed by atoms with Crippen molar-refractivity contribution in [2.24, 2.45) is 0 Å². The Morgan fingerprint density at radius 1 is 1.07 bits per heavy atom. The van der Waals surface area contributed by atoms with E-state index in [-0.39, 0.29) is 0 Å². The molecule has 15 heavy (non-hydrogen) atoms. The van der Waals surface area contributed by atoms with Crippen molar-refractivity contribution in [1.29, 1.82) is 0 Å². The van der Waals surface area contributed by atoms with Crippen molar-refractivity contribution in [3.63, 3.8) is 0 Å².